The zero-order valence-corrected chi connectivity index (χ0v) is 14.7. The Morgan fingerprint density at radius 3 is 2.30 bits per heavy atom. The van der Waals surface area contributed by atoms with Crippen molar-refractivity contribution < 1.29 is 14.3 Å². The average molecular weight is 359 g/mol. The molecule has 0 N–H and O–H groups in total. The minimum atomic E-state index is -0.776. The van der Waals surface area contributed by atoms with Crippen LogP contribution in [0.25, 0.3) is 16.7 Å². The molecule has 6 nitrogen and oxygen atoms in total. The summed E-state index contributed by atoms with van der Waals surface area (Å²) in [6.07, 6.45) is -0.776. The fourth-order valence-electron chi connectivity index (χ4n) is 2.67. The molecular formula is C21H17N3O3. The summed E-state index contributed by atoms with van der Waals surface area (Å²) >= 11 is 0. The van der Waals surface area contributed by atoms with Gasteiger partial charge in [-0.15, -0.1) is 15.0 Å². The number of carbonyl (C=O) groups is 1. The summed E-state index contributed by atoms with van der Waals surface area (Å²) in [7, 11) is 0. The van der Waals surface area contributed by atoms with Crippen LogP contribution in [0.5, 0.6) is 5.75 Å². The van der Waals surface area contributed by atoms with E-state index >= 15 is 0 Å². The molecule has 0 aliphatic heterocycles. The number of aryl methyl sites for hydroxylation is 1. The molecule has 0 aliphatic rings. The molecule has 4 rings (SSSR count). The lowest BCUT2D eigenvalue weighted by molar-refractivity contribution is 0.0926. The Bertz CT molecular complexity index is 1060. The van der Waals surface area contributed by atoms with Gasteiger partial charge in [0.25, 0.3) is 0 Å². The Kier molecular flexibility index (Phi) is 4.53. The van der Waals surface area contributed by atoms with Gasteiger partial charge in [0.05, 0.1) is 0 Å². The molecular weight excluding hydrogens is 342 g/mol. The molecule has 0 bridgehead atoms. The van der Waals surface area contributed by atoms with Crippen molar-refractivity contribution in [3.63, 3.8) is 0 Å². The van der Waals surface area contributed by atoms with Crippen LogP contribution in [-0.2, 0) is 11.3 Å². The molecule has 0 saturated heterocycles. The Balaban J connectivity index is 1.57. The molecule has 0 saturated carbocycles. The van der Waals surface area contributed by atoms with Crippen molar-refractivity contribution in [1.29, 1.82) is 0 Å². The maximum atomic E-state index is 12.2. The fraction of sp³-hybridized carbons (Fsp3) is 0.0952. The smallest absolute Gasteiger partial charge is 0.429 e. The van der Waals surface area contributed by atoms with Crippen molar-refractivity contribution in [2.24, 2.45) is 0 Å². The van der Waals surface area contributed by atoms with Crippen LogP contribution >= 0.6 is 0 Å². The van der Waals surface area contributed by atoms with Crippen LogP contribution in [0, 0.1) is 6.92 Å². The Morgan fingerprint density at radius 2 is 1.59 bits per heavy atom. The van der Waals surface area contributed by atoms with E-state index in [0.717, 1.165) is 22.2 Å². The van der Waals surface area contributed by atoms with Crippen molar-refractivity contribution >= 4 is 17.2 Å². The monoisotopic (exact) mass is 359 g/mol. The van der Waals surface area contributed by atoms with Crippen molar-refractivity contribution in [3.05, 3.63) is 83.9 Å². The van der Waals surface area contributed by atoms with Crippen molar-refractivity contribution in [2.45, 2.75) is 13.5 Å². The molecule has 0 aliphatic carbocycles. The summed E-state index contributed by atoms with van der Waals surface area (Å²) in [5.41, 5.74) is 3.92. The Morgan fingerprint density at radius 1 is 0.926 bits per heavy atom. The maximum absolute atomic E-state index is 12.2. The van der Waals surface area contributed by atoms with Gasteiger partial charge in [-0.05, 0) is 42.3 Å². The lowest BCUT2D eigenvalue weighted by atomic mass is 10.2. The third-order valence-corrected chi connectivity index (χ3v) is 4.01. The van der Waals surface area contributed by atoms with E-state index in [9.17, 15) is 4.79 Å². The third-order valence-electron chi connectivity index (χ3n) is 4.01. The second kappa shape index (κ2) is 7.29. The van der Waals surface area contributed by atoms with Crippen LogP contribution in [0.2, 0.25) is 0 Å². The predicted octanol–water partition coefficient (Wildman–Crippen LogP) is 4.44. The SMILES string of the molecule is Cc1ccc(-n2nc3ccccc3n2)c(OC(=O)OCc2ccccc2)c1. The van der Waals surface area contributed by atoms with Crippen molar-refractivity contribution in [1.82, 2.24) is 15.0 Å². The summed E-state index contributed by atoms with van der Waals surface area (Å²) in [6.45, 7) is 2.06. The summed E-state index contributed by atoms with van der Waals surface area (Å²) < 4.78 is 10.6. The number of aromatic nitrogens is 3. The van der Waals surface area contributed by atoms with E-state index in [-0.39, 0.29) is 6.61 Å². The van der Waals surface area contributed by atoms with Crippen molar-refractivity contribution in [3.8, 4) is 11.4 Å². The van der Waals surface area contributed by atoms with Gasteiger partial charge in [0.2, 0.25) is 0 Å². The molecule has 1 aromatic heterocycles. The third kappa shape index (κ3) is 3.79. The molecule has 4 aromatic rings. The lowest BCUT2D eigenvalue weighted by Crippen LogP contribution is -2.13. The van der Waals surface area contributed by atoms with Gasteiger partial charge >= 0.3 is 6.16 Å². The predicted molar refractivity (Wildman–Crippen MR) is 101 cm³/mol. The van der Waals surface area contributed by atoms with Gasteiger partial charge in [0, 0.05) is 0 Å². The molecule has 0 spiro atoms. The Labute approximate surface area is 156 Å². The highest BCUT2D eigenvalue weighted by Gasteiger charge is 2.15. The molecule has 0 radical (unpaired) electrons. The molecule has 27 heavy (non-hydrogen) atoms. The van der Waals surface area contributed by atoms with E-state index in [4.69, 9.17) is 9.47 Å². The van der Waals surface area contributed by atoms with Gasteiger partial charge in [-0.1, -0.05) is 48.5 Å². The highest BCUT2D eigenvalue weighted by Crippen LogP contribution is 2.25. The van der Waals surface area contributed by atoms with Gasteiger partial charge in [0.1, 0.15) is 23.3 Å². The van der Waals surface area contributed by atoms with Gasteiger partial charge < -0.3 is 9.47 Å². The number of ether oxygens (including phenoxy) is 2. The topological polar surface area (TPSA) is 66.2 Å². The van der Waals surface area contributed by atoms with Crippen LogP contribution in [0.4, 0.5) is 4.79 Å². The second-order valence-electron chi connectivity index (χ2n) is 6.08. The maximum Gasteiger partial charge on any atom is 0.514 e. The first kappa shape index (κ1) is 16.8. The van der Waals surface area contributed by atoms with E-state index in [1.807, 2.05) is 73.7 Å². The Hall–Kier alpha value is -3.67. The highest BCUT2D eigenvalue weighted by molar-refractivity contribution is 5.74. The standard InChI is InChI=1S/C21H17N3O3/c1-15-11-12-19(24-22-17-9-5-6-10-18(17)23-24)20(13-15)27-21(25)26-14-16-7-3-2-4-8-16/h2-13H,14H2,1H3. The molecule has 6 heteroatoms. The first-order valence-corrected chi connectivity index (χ1v) is 8.51. The number of rotatable bonds is 4. The number of nitrogens with zero attached hydrogens (tertiary/aromatic N) is 3. The fourth-order valence-corrected chi connectivity index (χ4v) is 2.67. The lowest BCUT2D eigenvalue weighted by Gasteiger charge is -2.10. The average Bonchev–Trinajstić information content (AvgIpc) is 3.11. The molecule has 0 atom stereocenters. The van der Waals surface area contributed by atoms with Gasteiger partial charge in [-0.25, -0.2) is 4.79 Å². The van der Waals surface area contributed by atoms with Crippen molar-refractivity contribution in [2.75, 3.05) is 0 Å². The molecule has 0 fully saturated rings. The normalized spacial score (nSPS) is 10.7. The van der Waals surface area contributed by atoms with Gasteiger partial charge in [-0.2, -0.15) is 0 Å². The van der Waals surface area contributed by atoms with Gasteiger partial charge in [-0.3, -0.25) is 0 Å². The summed E-state index contributed by atoms with van der Waals surface area (Å²) in [5, 5.41) is 8.90. The number of hydrogen-bond donors (Lipinski definition) is 0. The molecule has 0 amide bonds. The van der Waals surface area contributed by atoms with Crippen LogP contribution in [0.15, 0.2) is 72.8 Å². The molecule has 134 valence electrons. The minimum Gasteiger partial charge on any atom is -0.429 e. The van der Waals surface area contributed by atoms with Crippen LogP contribution in [-0.4, -0.2) is 21.1 Å². The number of fused-ring (bicyclic) bond motifs is 1. The van der Waals surface area contributed by atoms with E-state index in [0.29, 0.717) is 11.4 Å². The number of hydrogen-bond acceptors (Lipinski definition) is 5. The van der Waals surface area contributed by atoms with E-state index in [2.05, 4.69) is 10.2 Å². The van der Waals surface area contributed by atoms with Gasteiger partial charge in [0.15, 0.2) is 5.75 Å². The van der Waals surface area contributed by atoms with Crippen LogP contribution in [0.3, 0.4) is 0 Å². The molecule has 3 aromatic carbocycles. The van der Waals surface area contributed by atoms with E-state index in [1.54, 1.807) is 6.07 Å². The van der Waals surface area contributed by atoms with Crippen LogP contribution in [0.1, 0.15) is 11.1 Å². The number of benzene rings is 3. The van der Waals surface area contributed by atoms with E-state index in [1.165, 1.54) is 4.80 Å². The summed E-state index contributed by atoms with van der Waals surface area (Å²) in [6, 6.07) is 22.5. The molecule has 1 heterocycles. The minimum absolute atomic E-state index is 0.144. The largest absolute Gasteiger partial charge is 0.514 e. The van der Waals surface area contributed by atoms with E-state index < -0.39 is 6.16 Å². The highest BCUT2D eigenvalue weighted by atomic mass is 16.7. The summed E-state index contributed by atoms with van der Waals surface area (Å²) in [5.74, 6) is 0.341. The summed E-state index contributed by atoms with van der Waals surface area (Å²) in [4.78, 5) is 13.6. The quantitative estimate of drug-likeness (QED) is 0.398. The van der Waals surface area contributed by atoms with Crippen LogP contribution < -0.4 is 4.74 Å². The number of carbonyl (C=O) groups excluding carboxylic acids is 1. The zero-order chi connectivity index (χ0) is 18.6. The first-order valence-electron chi connectivity index (χ1n) is 8.51. The molecule has 0 unspecified atom stereocenters. The zero-order valence-electron chi connectivity index (χ0n) is 14.7. The second-order valence-corrected chi connectivity index (χ2v) is 6.08. The first-order chi connectivity index (χ1) is 13.2.